The first kappa shape index (κ1) is 7.82. The largest absolute Gasteiger partial charge is 0.468 e. The Balaban J connectivity index is 3.46. The van der Waals surface area contributed by atoms with E-state index in [1.54, 1.807) is 0 Å². The predicted molar refractivity (Wildman–Crippen MR) is 35.0 cm³/mol. The number of carbonyl (C=O) groups excluding carboxylic acids is 1. The molecule has 0 aromatic rings. The minimum atomic E-state index is -0.155. The molecule has 0 aromatic heterocycles. The van der Waals surface area contributed by atoms with Crippen LogP contribution in [0.3, 0.4) is 0 Å². The lowest BCUT2D eigenvalue weighted by atomic mass is 10.5. The van der Waals surface area contributed by atoms with Gasteiger partial charge in [-0.05, 0) is 13.2 Å². The molecule has 1 atom stereocenters. The molecule has 0 heterocycles. The fourth-order valence-electron chi connectivity index (χ4n) is 0.262. The number of carbonyl (C=O) groups is 1. The highest BCUT2D eigenvalue weighted by Gasteiger charge is 2.08. The second-order valence-electron chi connectivity index (χ2n) is 1.40. The molecule has 0 aromatic carbocycles. The maximum atomic E-state index is 10.5. The van der Waals surface area contributed by atoms with Crippen molar-refractivity contribution in [2.45, 2.75) is 12.2 Å². The van der Waals surface area contributed by atoms with Crippen LogP contribution in [0, 0.1) is 0 Å². The van der Waals surface area contributed by atoms with Crippen LogP contribution in [0.25, 0.3) is 0 Å². The Kier molecular flexibility index (Phi) is 3.69. The Morgan fingerprint density at radius 2 is 2.25 bits per heavy atom. The highest BCUT2D eigenvalue weighted by molar-refractivity contribution is 7.99. The van der Waals surface area contributed by atoms with Crippen molar-refractivity contribution in [2.24, 2.45) is 0 Å². The van der Waals surface area contributed by atoms with Crippen LogP contribution in [0.5, 0.6) is 0 Å². The zero-order valence-corrected chi connectivity index (χ0v) is 6.12. The molecule has 0 aliphatic carbocycles. The second-order valence-corrected chi connectivity index (χ2v) is 2.58. The first-order chi connectivity index (χ1) is 3.72. The van der Waals surface area contributed by atoms with Crippen molar-refractivity contribution < 1.29 is 9.53 Å². The van der Waals surface area contributed by atoms with Gasteiger partial charge >= 0.3 is 5.97 Å². The van der Waals surface area contributed by atoms with E-state index >= 15 is 0 Å². The first-order valence-corrected chi connectivity index (χ1v) is 3.61. The summed E-state index contributed by atoms with van der Waals surface area (Å²) in [5.74, 6) is -0.155. The van der Waals surface area contributed by atoms with Gasteiger partial charge in [-0.15, -0.1) is 0 Å². The number of ether oxygens (including phenoxy) is 1. The van der Waals surface area contributed by atoms with E-state index in [0.717, 1.165) is 0 Å². The average molecular weight is 134 g/mol. The predicted octanol–water partition coefficient (Wildman–Crippen LogP) is 0.911. The van der Waals surface area contributed by atoms with E-state index in [1.807, 2.05) is 13.2 Å². The van der Waals surface area contributed by atoms with E-state index in [0.29, 0.717) is 0 Å². The fraction of sp³-hybridized carbons (Fsp3) is 0.800. The van der Waals surface area contributed by atoms with Gasteiger partial charge in [0, 0.05) is 0 Å². The van der Waals surface area contributed by atoms with Gasteiger partial charge in [0.25, 0.3) is 0 Å². The molecule has 2 nitrogen and oxygen atoms in total. The number of thioether (sulfide) groups is 1. The summed E-state index contributed by atoms with van der Waals surface area (Å²) >= 11 is 1.48. The van der Waals surface area contributed by atoms with Crippen molar-refractivity contribution in [1.29, 1.82) is 0 Å². The van der Waals surface area contributed by atoms with Crippen LogP contribution in [-0.4, -0.2) is 24.6 Å². The minimum Gasteiger partial charge on any atom is -0.468 e. The molecule has 0 N–H and O–H groups in total. The number of rotatable bonds is 2. The third kappa shape index (κ3) is 2.21. The maximum Gasteiger partial charge on any atom is 0.318 e. The Labute approximate surface area is 53.6 Å². The van der Waals surface area contributed by atoms with Crippen LogP contribution >= 0.6 is 11.8 Å². The Morgan fingerprint density at radius 1 is 1.75 bits per heavy atom. The fourth-order valence-corrected chi connectivity index (χ4v) is 0.551. The molecule has 0 aliphatic rings. The van der Waals surface area contributed by atoms with E-state index in [9.17, 15) is 4.79 Å². The van der Waals surface area contributed by atoms with Gasteiger partial charge in [-0.25, -0.2) is 0 Å². The van der Waals surface area contributed by atoms with Gasteiger partial charge in [0.05, 0.1) is 12.4 Å². The van der Waals surface area contributed by atoms with Crippen molar-refractivity contribution in [3.05, 3.63) is 0 Å². The third-order valence-electron chi connectivity index (χ3n) is 0.887. The topological polar surface area (TPSA) is 26.3 Å². The molecule has 0 radical (unpaired) electrons. The van der Waals surface area contributed by atoms with Gasteiger partial charge in [-0.3, -0.25) is 4.79 Å². The molecule has 0 bridgehead atoms. The molecule has 0 saturated carbocycles. The lowest BCUT2D eigenvalue weighted by Gasteiger charge is -2.02. The van der Waals surface area contributed by atoms with E-state index in [1.165, 1.54) is 18.9 Å². The molecular weight excluding hydrogens is 124 g/mol. The van der Waals surface area contributed by atoms with Gasteiger partial charge in [0.1, 0.15) is 0 Å². The van der Waals surface area contributed by atoms with E-state index < -0.39 is 0 Å². The van der Waals surface area contributed by atoms with Gasteiger partial charge in [-0.1, -0.05) is 0 Å². The zero-order chi connectivity index (χ0) is 6.57. The second kappa shape index (κ2) is 3.78. The van der Waals surface area contributed by atoms with Crippen LogP contribution in [0.4, 0.5) is 0 Å². The van der Waals surface area contributed by atoms with Crippen molar-refractivity contribution in [1.82, 2.24) is 0 Å². The quantitative estimate of drug-likeness (QED) is 0.525. The monoisotopic (exact) mass is 134 g/mol. The lowest BCUT2D eigenvalue weighted by Crippen LogP contribution is -2.13. The zero-order valence-electron chi connectivity index (χ0n) is 5.30. The Bertz CT molecular complexity index is 82.5. The Morgan fingerprint density at radius 3 is 2.38 bits per heavy atom. The maximum absolute atomic E-state index is 10.5. The molecule has 1 unspecified atom stereocenters. The number of hydrogen-bond donors (Lipinski definition) is 0. The van der Waals surface area contributed by atoms with Crippen LogP contribution in [0.15, 0.2) is 0 Å². The minimum absolute atomic E-state index is 0.0278. The number of hydrogen-bond acceptors (Lipinski definition) is 3. The lowest BCUT2D eigenvalue weighted by molar-refractivity contribution is -0.139. The SMILES string of the molecule is COC(=O)C(C)SC. The molecule has 0 spiro atoms. The van der Waals surface area contributed by atoms with Crippen LogP contribution < -0.4 is 0 Å². The summed E-state index contributed by atoms with van der Waals surface area (Å²) in [5, 5.41) is -0.0278. The summed E-state index contributed by atoms with van der Waals surface area (Å²) in [6.45, 7) is 1.82. The third-order valence-corrected chi connectivity index (χ3v) is 1.79. The van der Waals surface area contributed by atoms with E-state index in [-0.39, 0.29) is 11.2 Å². The molecule has 8 heavy (non-hydrogen) atoms. The van der Waals surface area contributed by atoms with Gasteiger partial charge in [0.15, 0.2) is 0 Å². The number of methoxy groups -OCH3 is 1. The van der Waals surface area contributed by atoms with Crippen LogP contribution in [0.1, 0.15) is 6.92 Å². The molecule has 0 rings (SSSR count). The summed E-state index contributed by atoms with van der Waals surface area (Å²) in [5.41, 5.74) is 0. The van der Waals surface area contributed by atoms with Crippen molar-refractivity contribution in [2.75, 3.05) is 13.4 Å². The summed E-state index contributed by atoms with van der Waals surface area (Å²) in [6.07, 6.45) is 1.88. The van der Waals surface area contributed by atoms with Gasteiger partial charge < -0.3 is 4.74 Å². The molecule has 3 heteroatoms. The van der Waals surface area contributed by atoms with Gasteiger partial charge in [0.2, 0.25) is 0 Å². The summed E-state index contributed by atoms with van der Waals surface area (Å²) < 4.78 is 4.44. The van der Waals surface area contributed by atoms with E-state index in [2.05, 4.69) is 4.74 Å². The molecule has 48 valence electrons. The Hall–Kier alpha value is -0.180. The summed E-state index contributed by atoms with van der Waals surface area (Å²) in [6, 6.07) is 0. The van der Waals surface area contributed by atoms with Crippen LogP contribution in [0.2, 0.25) is 0 Å². The van der Waals surface area contributed by atoms with E-state index in [4.69, 9.17) is 0 Å². The smallest absolute Gasteiger partial charge is 0.318 e. The normalized spacial score (nSPS) is 12.9. The molecule has 0 saturated heterocycles. The molecule has 0 fully saturated rings. The summed E-state index contributed by atoms with van der Waals surface area (Å²) in [4.78, 5) is 10.5. The highest BCUT2D eigenvalue weighted by atomic mass is 32.2. The summed E-state index contributed by atoms with van der Waals surface area (Å²) in [7, 11) is 1.40. The molecule has 0 aliphatic heterocycles. The van der Waals surface area contributed by atoms with Crippen molar-refractivity contribution in [3.63, 3.8) is 0 Å². The van der Waals surface area contributed by atoms with Crippen LogP contribution in [-0.2, 0) is 9.53 Å². The van der Waals surface area contributed by atoms with Crippen molar-refractivity contribution in [3.8, 4) is 0 Å². The average Bonchev–Trinajstić information content (AvgIpc) is 1.84. The molecular formula is C5H10O2S. The standard InChI is InChI=1S/C5H10O2S/c1-4(8-3)5(6)7-2/h4H,1-3H3. The first-order valence-electron chi connectivity index (χ1n) is 2.33. The van der Waals surface area contributed by atoms with Crippen molar-refractivity contribution >= 4 is 17.7 Å². The molecule has 0 amide bonds. The highest BCUT2D eigenvalue weighted by Crippen LogP contribution is 2.05. The number of esters is 1. The van der Waals surface area contributed by atoms with Gasteiger partial charge in [-0.2, -0.15) is 11.8 Å².